The van der Waals surface area contributed by atoms with Gasteiger partial charge in [0, 0.05) is 16.7 Å². The number of carbonyl (C=O) groups excluding carboxylic acids is 1. The predicted molar refractivity (Wildman–Crippen MR) is 112 cm³/mol. The van der Waals surface area contributed by atoms with Crippen molar-refractivity contribution < 1.29 is 33.0 Å². The molecule has 8 nitrogen and oxygen atoms in total. The van der Waals surface area contributed by atoms with E-state index in [0.29, 0.717) is 6.29 Å². The van der Waals surface area contributed by atoms with Gasteiger partial charge in [-0.15, -0.1) is 0 Å². The smallest absolute Gasteiger partial charge is 0.310 e. The lowest BCUT2D eigenvalue weighted by Crippen LogP contribution is -2.40. The van der Waals surface area contributed by atoms with E-state index >= 15 is 0 Å². The molecule has 3 N–H and O–H groups in total. The number of phenolic OH excluding ortho intramolecular Hbond substituents is 1. The van der Waals surface area contributed by atoms with Gasteiger partial charge in [-0.05, 0) is 63.6 Å². The van der Waals surface area contributed by atoms with Gasteiger partial charge in [0.2, 0.25) is 10.0 Å². The normalized spacial score (nSPS) is 13.0. The zero-order chi connectivity index (χ0) is 22.9. The number of methoxy groups -OCH3 is 1. The molecule has 2 aromatic rings. The Morgan fingerprint density at radius 3 is 2.30 bits per heavy atom. The number of hydrogen-bond donors (Lipinski definition) is 3. The number of rotatable bonds is 7. The summed E-state index contributed by atoms with van der Waals surface area (Å²) in [7, 11) is -2.52. The van der Waals surface area contributed by atoms with Crippen molar-refractivity contribution in [2.75, 3.05) is 7.11 Å². The third-order valence-electron chi connectivity index (χ3n) is 4.37. The Labute approximate surface area is 175 Å². The first-order valence-corrected chi connectivity index (χ1v) is 10.6. The maximum Gasteiger partial charge on any atom is 0.310 e. The van der Waals surface area contributed by atoms with Gasteiger partial charge in [-0.3, -0.25) is 9.59 Å². The maximum atomic E-state index is 12.8. The molecule has 162 valence electrons. The number of aromatic hydroxyl groups is 1. The van der Waals surface area contributed by atoms with E-state index in [0.717, 1.165) is 0 Å². The molecule has 0 aliphatic heterocycles. The number of aldehydes is 1. The second kappa shape index (κ2) is 8.45. The van der Waals surface area contributed by atoms with Crippen molar-refractivity contribution in [3.63, 3.8) is 0 Å². The molecular weight excluding hydrogens is 410 g/mol. The molecule has 0 aliphatic carbocycles. The second-order valence-corrected chi connectivity index (χ2v) is 9.58. The fourth-order valence-corrected chi connectivity index (χ4v) is 4.34. The van der Waals surface area contributed by atoms with Crippen LogP contribution in [0.5, 0.6) is 11.5 Å². The number of carbonyl (C=O) groups is 2. The lowest BCUT2D eigenvalue weighted by atomic mass is 9.92. The number of benzene rings is 2. The summed E-state index contributed by atoms with van der Waals surface area (Å²) in [4.78, 5) is 22.8. The van der Waals surface area contributed by atoms with Gasteiger partial charge >= 0.3 is 5.97 Å². The average molecular weight is 435 g/mol. The van der Waals surface area contributed by atoms with E-state index in [9.17, 15) is 28.2 Å². The van der Waals surface area contributed by atoms with Gasteiger partial charge in [0.25, 0.3) is 0 Å². The number of phenols is 1. The summed E-state index contributed by atoms with van der Waals surface area (Å²) in [6.07, 6.45) is 0.408. The molecule has 0 spiro atoms. The van der Waals surface area contributed by atoms with Crippen molar-refractivity contribution in [3.8, 4) is 22.6 Å². The third kappa shape index (κ3) is 4.98. The van der Waals surface area contributed by atoms with Gasteiger partial charge in [-0.25, -0.2) is 13.1 Å². The first kappa shape index (κ1) is 23.4. The van der Waals surface area contributed by atoms with Gasteiger partial charge in [0.1, 0.15) is 11.5 Å². The Kier molecular flexibility index (Phi) is 6.58. The molecule has 2 aromatic carbocycles. The van der Waals surface area contributed by atoms with Crippen LogP contribution in [0.4, 0.5) is 0 Å². The molecule has 2 rings (SSSR count). The van der Waals surface area contributed by atoms with E-state index in [1.807, 2.05) is 0 Å². The minimum Gasteiger partial charge on any atom is -0.507 e. The van der Waals surface area contributed by atoms with Crippen LogP contribution in [-0.2, 0) is 14.8 Å². The standard InChI is InChI=1S/C21H25NO7S/c1-12(20(25)26)13-8-14(11-23)19(24)17(9-13)16-10-15(6-7-18(16)29-5)30(27,28)22-21(2,3)4/h6-12,22,24H,1-5H3,(H,25,26). The van der Waals surface area contributed by atoms with Gasteiger partial charge in [-0.1, -0.05) is 0 Å². The molecule has 1 atom stereocenters. The van der Waals surface area contributed by atoms with Gasteiger partial charge < -0.3 is 14.9 Å². The minimum atomic E-state index is -3.89. The molecule has 0 radical (unpaired) electrons. The summed E-state index contributed by atoms with van der Waals surface area (Å²) >= 11 is 0. The summed E-state index contributed by atoms with van der Waals surface area (Å²) in [5, 5.41) is 19.9. The Balaban J connectivity index is 2.78. The highest BCUT2D eigenvalue weighted by molar-refractivity contribution is 7.89. The highest BCUT2D eigenvalue weighted by atomic mass is 32.2. The van der Waals surface area contributed by atoms with E-state index < -0.39 is 33.2 Å². The molecular formula is C21H25NO7S. The number of sulfonamides is 1. The summed E-state index contributed by atoms with van der Waals surface area (Å²) in [5.74, 6) is -2.22. The van der Waals surface area contributed by atoms with E-state index in [1.165, 1.54) is 44.4 Å². The zero-order valence-electron chi connectivity index (χ0n) is 17.4. The Hall–Kier alpha value is -2.91. The monoisotopic (exact) mass is 435 g/mol. The number of carboxylic acid groups (broad SMARTS) is 1. The Morgan fingerprint density at radius 1 is 1.17 bits per heavy atom. The van der Waals surface area contributed by atoms with Crippen LogP contribution in [0.1, 0.15) is 49.5 Å². The number of carboxylic acids is 1. The van der Waals surface area contributed by atoms with Crippen LogP contribution >= 0.6 is 0 Å². The lowest BCUT2D eigenvalue weighted by molar-refractivity contribution is -0.138. The summed E-state index contributed by atoms with van der Waals surface area (Å²) in [6, 6.07) is 6.80. The predicted octanol–water partition coefficient (Wildman–Crippen LogP) is 3.15. The second-order valence-electron chi connectivity index (χ2n) is 7.90. The van der Waals surface area contributed by atoms with Crippen molar-refractivity contribution in [2.24, 2.45) is 0 Å². The highest BCUT2D eigenvalue weighted by Gasteiger charge is 2.25. The number of ether oxygens (including phenoxy) is 1. The number of aliphatic carboxylic acids is 1. The van der Waals surface area contributed by atoms with Crippen LogP contribution in [0.3, 0.4) is 0 Å². The van der Waals surface area contributed by atoms with E-state index in [-0.39, 0.29) is 32.9 Å². The fourth-order valence-electron chi connectivity index (χ4n) is 2.89. The SMILES string of the molecule is COc1ccc(S(=O)(=O)NC(C)(C)C)cc1-c1cc(C(C)C(=O)O)cc(C=O)c1O. The third-order valence-corrected chi connectivity index (χ3v) is 6.13. The molecule has 30 heavy (non-hydrogen) atoms. The van der Waals surface area contributed by atoms with Crippen molar-refractivity contribution in [1.82, 2.24) is 4.72 Å². The van der Waals surface area contributed by atoms with Crippen LogP contribution in [0.25, 0.3) is 11.1 Å². The zero-order valence-corrected chi connectivity index (χ0v) is 18.2. The highest BCUT2D eigenvalue weighted by Crippen LogP contribution is 2.40. The van der Waals surface area contributed by atoms with Crippen LogP contribution in [-0.4, -0.2) is 43.5 Å². The molecule has 0 aromatic heterocycles. The fraction of sp³-hybridized carbons (Fsp3) is 0.333. The molecule has 0 amide bonds. The van der Waals surface area contributed by atoms with Crippen LogP contribution in [0, 0.1) is 0 Å². The van der Waals surface area contributed by atoms with Crippen LogP contribution in [0.2, 0.25) is 0 Å². The molecule has 9 heteroatoms. The quantitative estimate of drug-likeness (QED) is 0.570. The van der Waals surface area contributed by atoms with E-state index in [4.69, 9.17) is 4.74 Å². The van der Waals surface area contributed by atoms with Crippen LogP contribution < -0.4 is 9.46 Å². The summed E-state index contributed by atoms with van der Waals surface area (Å²) < 4.78 is 33.4. The first-order chi connectivity index (χ1) is 13.8. The number of hydrogen-bond acceptors (Lipinski definition) is 6. The van der Waals surface area contributed by atoms with Crippen molar-refractivity contribution in [3.05, 3.63) is 41.5 Å². The molecule has 0 bridgehead atoms. The van der Waals surface area contributed by atoms with Gasteiger partial charge in [0.15, 0.2) is 6.29 Å². The average Bonchev–Trinajstić information content (AvgIpc) is 2.65. The van der Waals surface area contributed by atoms with Crippen LogP contribution in [0.15, 0.2) is 35.2 Å². The molecule has 0 saturated heterocycles. The minimum absolute atomic E-state index is 0.0723. The Morgan fingerprint density at radius 2 is 1.80 bits per heavy atom. The topological polar surface area (TPSA) is 130 Å². The largest absolute Gasteiger partial charge is 0.507 e. The lowest BCUT2D eigenvalue weighted by Gasteiger charge is -2.21. The first-order valence-electron chi connectivity index (χ1n) is 9.08. The van der Waals surface area contributed by atoms with Gasteiger partial charge in [0.05, 0.1) is 23.5 Å². The summed E-state index contributed by atoms with van der Waals surface area (Å²) in [5.41, 5.74) is -0.260. The van der Waals surface area contributed by atoms with E-state index in [1.54, 1.807) is 20.8 Å². The Bertz CT molecular complexity index is 1090. The van der Waals surface area contributed by atoms with E-state index in [2.05, 4.69) is 4.72 Å². The van der Waals surface area contributed by atoms with Crippen molar-refractivity contribution >= 4 is 22.3 Å². The molecule has 0 heterocycles. The number of nitrogens with one attached hydrogen (secondary N) is 1. The molecule has 0 aliphatic rings. The molecule has 0 fully saturated rings. The maximum absolute atomic E-state index is 12.8. The van der Waals surface area contributed by atoms with Crippen molar-refractivity contribution in [2.45, 2.75) is 44.0 Å². The van der Waals surface area contributed by atoms with Gasteiger partial charge in [-0.2, -0.15) is 0 Å². The molecule has 0 saturated carbocycles. The molecule has 1 unspecified atom stereocenters. The van der Waals surface area contributed by atoms with Crippen molar-refractivity contribution in [1.29, 1.82) is 0 Å². The summed E-state index contributed by atoms with van der Waals surface area (Å²) in [6.45, 7) is 6.55.